The van der Waals surface area contributed by atoms with Crippen LogP contribution in [0.1, 0.15) is 31.7 Å². The Balaban J connectivity index is 1.98. The van der Waals surface area contributed by atoms with Gasteiger partial charge in [-0.1, -0.05) is 13.0 Å². The van der Waals surface area contributed by atoms with Crippen molar-refractivity contribution in [3.05, 3.63) is 23.8 Å². The van der Waals surface area contributed by atoms with Crippen molar-refractivity contribution in [1.29, 1.82) is 0 Å². The first-order chi connectivity index (χ1) is 9.97. The van der Waals surface area contributed by atoms with Gasteiger partial charge in [0, 0.05) is 24.3 Å². The summed E-state index contributed by atoms with van der Waals surface area (Å²) in [6.45, 7) is 4.78. The number of nitrogens with one attached hydrogen (secondary N) is 1. The Bertz CT molecular complexity index is 542. The molecule has 1 fully saturated rings. The van der Waals surface area contributed by atoms with Crippen molar-refractivity contribution in [1.82, 2.24) is 4.90 Å². The standard InChI is InChI=1S/C16H23N3O2/c1-11-6-7-16(21)19(9-8-11)10-15(20)18-14-5-3-4-13(17)12(14)2/h3-5,11H,6-10,17H2,1-2H3,(H,18,20). The number of amides is 2. The Hall–Kier alpha value is -2.04. The third kappa shape index (κ3) is 3.97. The molecule has 21 heavy (non-hydrogen) atoms. The first-order valence-corrected chi connectivity index (χ1v) is 7.40. The molecule has 2 rings (SSSR count). The normalized spacial score (nSPS) is 19.2. The summed E-state index contributed by atoms with van der Waals surface area (Å²) in [6.07, 6.45) is 2.40. The number of hydrogen-bond acceptors (Lipinski definition) is 3. The largest absolute Gasteiger partial charge is 0.398 e. The van der Waals surface area contributed by atoms with Crippen LogP contribution in [0.3, 0.4) is 0 Å². The van der Waals surface area contributed by atoms with Crippen LogP contribution in [0.25, 0.3) is 0 Å². The second kappa shape index (κ2) is 6.61. The van der Waals surface area contributed by atoms with Gasteiger partial charge in [0.05, 0.1) is 6.54 Å². The third-order valence-corrected chi connectivity index (χ3v) is 4.08. The molecule has 1 aromatic rings. The molecule has 114 valence electrons. The van der Waals surface area contributed by atoms with Crippen LogP contribution >= 0.6 is 0 Å². The van der Waals surface area contributed by atoms with Gasteiger partial charge in [0.25, 0.3) is 0 Å². The molecule has 1 aromatic carbocycles. The number of nitrogens with zero attached hydrogens (tertiary/aromatic N) is 1. The predicted molar refractivity (Wildman–Crippen MR) is 83.8 cm³/mol. The number of anilines is 2. The molecule has 0 bridgehead atoms. The molecule has 0 aliphatic carbocycles. The van der Waals surface area contributed by atoms with Crippen molar-refractivity contribution in [3.8, 4) is 0 Å². The zero-order chi connectivity index (χ0) is 15.4. The lowest BCUT2D eigenvalue weighted by Gasteiger charge is -2.20. The fraction of sp³-hybridized carbons (Fsp3) is 0.500. The van der Waals surface area contributed by atoms with Crippen LogP contribution < -0.4 is 11.1 Å². The summed E-state index contributed by atoms with van der Waals surface area (Å²) >= 11 is 0. The lowest BCUT2D eigenvalue weighted by molar-refractivity contribution is -0.134. The van der Waals surface area contributed by atoms with Gasteiger partial charge >= 0.3 is 0 Å². The highest BCUT2D eigenvalue weighted by Gasteiger charge is 2.22. The predicted octanol–water partition coefficient (Wildman–Crippen LogP) is 2.16. The molecule has 1 saturated heterocycles. The summed E-state index contributed by atoms with van der Waals surface area (Å²) in [5.41, 5.74) is 8.02. The number of hydrogen-bond donors (Lipinski definition) is 2. The van der Waals surface area contributed by atoms with Gasteiger partial charge < -0.3 is 16.0 Å². The van der Waals surface area contributed by atoms with Gasteiger partial charge in [0.15, 0.2) is 0 Å². The highest BCUT2D eigenvalue weighted by molar-refractivity contribution is 5.95. The number of nitrogens with two attached hydrogens (primary N) is 1. The molecule has 0 radical (unpaired) electrons. The van der Waals surface area contributed by atoms with Crippen molar-refractivity contribution in [2.24, 2.45) is 5.92 Å². The highest BCUT2D eigenvalue weighted by atomic mass is 16.2. The smallest absolute Gasteiger partial charge is 0.244 e. The number of rotatable bonds is 3. The van der Waals surface area contributed by atoms with Gasteiger partial charge in [-0.25, -0.2) is 0 Å². The Morgan fingerprint density at radius 1 is 1.43 bits per heavy atom. The van der Waals surface area contributed by atoms with Crippen molar-refractivity contribution in [2.75, 3.05) is 24.1 Å². The number of nitrogen functional groups attached to an aromatic ring is 1. The van der Waals surface area contributed by atoms with E-state index in [1.54, 1.807) is 17.0 Å². The van der Waals surface area contributed by atoms with E-state index in [-0.39, 0.29) is 18.4 Å². The van der Waals surface area contributed by atoms with Crippen LogP contribution in [-0.4, -0.2) is 29.8 Å². The molecule has 1 atom stereocenters. The van der Waals surface area contributed by atoms with E-state index in [9.17, 15) is 9.59 Å². The van der Waals surface area contributed by atoms with Crippen molar-refractivity contribution in [2.45, 2.75) is 33.1 Å². The monoisotopic (exact) mass is 289 g/mol. The molecule has 1 aliphatic rings. The quantitative estimate of drug-likeness (QED) is 0.837. The molecule has 1 aliphatic heterocycles. The maximum absolute atomic E-state index is 12.1. The maximum atomic E-state index is 12.1. The number of carbonyl (C=O) groups excluding carboxylic acids is 2. The van der Waals surface area contributed by atoms with Crippen LogP contribution in [0.5, 0.6) is 0 Å². The van der Waals surface area contributed by atoms with Gasteiger partial charge in [0.1, 0.15) is 0 Å². The average molecular weight is 289 g/mol. The van der Waals surface area contributed by atoms with Gasteiger partial charge in [-0.15, -0.1) is 0 Å². The molecule has 5 nitrogen and oxygen atoms in total. The Labute approximate surface area is 125 Å². The van der Waals surface area contributed by atoms with Crippen LogP contribution in [0, 0.1) is 12.8 Å². The van der Waals surface area contributed by atoms with Crippen LogP contribution in [0.4, 0.5) is 11.4 Å². The molecule has 0 spiro atoms. The van der Waals surface area contributed by atoms with Crippen LogP contribution in [0.15, 0.2) is 18.2 Å². The molecule has 0 saturated carbocycles. The molecule has 2 amide bonds. The van der Waals surface area contributed by atoms with Crippen LogP contribution in [0.2, 0.25) is 0 Å². The van der Waals surface area contributed by atoms with Crippen LogP contribution in [-0.2, 0) is 9.59 Å². The summed E-state index contributed by atoms with van der Waals surface area (Å²) in [5, 5.41) is 2.84. The SMILES string of the molecule is Cc1c(N)cccc1NC(=O)CN1CCC(C)CCC1=O. The van der Waals surface area contributed by atoms with E-state index in [1.807, 2.05) is 13.0 Å². The zero-order valence-corrected chi connectivity index (χ0v) is 12.7. The lowest BCUT2D eigenvalue weighted by atomic mass is 10.0. The number of likely N-dealkylation sites (tertiary alicyclic amines) is 1. The van der Waals surface area contributed by atoms with Gasteiger partial charge in [-0.3, -0.25) is 9.59 Å². The first-order valence-electron chi connectivity index (χ1n) is 7.40. The average Bonchev–Trinajstić information content (AvgIpc) is 2.59. The van der Waals surface area contributed by atoms with E-state index >= 15 is 0 Å². The molecule has 1 heterocycles. The zero-order valence-electron chi connectivity index (χ0n) is 12.7. The summed E-state index contributed by atoms with van der Waals surface area (Å²) in [7, 11) is 0. The first kappa shape index (κ1) is 15.4. The van der Waals surface area contributed by atoms with E-state index in [0.717, 1.165) is 18.4 Å². The number of carbonyl (C=O) groups is 2. The van der Waals surface area contributed by atoms with E-state index in [1.165, 1.54) is 0 Å². The third-order valence-electron chi connectivity index (χ3n) is 4.08. The van der Waals surface area contributed by atoms with Crippen molar-refractivity contribution in [3.63, 3.8) is 0 Å². The summed E-state index contributed by atoms with van der Waals surface area (Å²) in [6, 6.07) is 5.41. The topological polar surface area (TPSA) is 75.4 Å². The minimum absolute atomic E-state index is 0.0683. The van der Waals surface area contributed by atoms with E-state index < -0.39 is 0 Å². The summed E-state index contributed by atoms with van der Waals surface area (Å²) in [5.74, 6) is 0.434. The Kier molecular flexibility index (Phi) is 4.83. The Morgan fingerprint density at radius 2 is 2.19 bits per heavy atom. The highest BCUT2D eigenvalue weighted by Crippen LogP contribution is 2.21. The van der Waals surface area contributed by atoms with Gasteiger partial charge in [0.2, 0.25) is 11.8 Å². The van der Waals surface area contributed by atoms with Crippen molar-refractivity contribution >= 4 is 23.2 Å². The minimum Gasteiger partial charge on any atom is -0.398 e. The van der Waals surface area contributed by atoms with E-state index in [2.05, 4.69) is 12.2 Å². The Morgan fingerprint density at radius 3 is 2.95 bits per heavy atom. The lowest BCUT2D eigenvalue weighted by Crippen LogP contribution is -2.37. The van der Waals surface area contributed by atoms with E-state index in [4.69, 9.17) is 5.73 Å². The van der Waals surface area contributed by atoms with Gasteiger partial charge in [-0.2, -0.15) is 0 Å². The fourth-order valence-corrected chi connectivity index (χ4v) is 2.49. The molecule has 5 heteroatoms. The summed E-state index contributed by atoms with van der Waals surface area (Å²) < 4.78 is 0. The van der Waals surface area contributed by atoms with E-state index in [0.29, 0.717) is 30.3 Å². The fourth-order valence-electron chi connectivity index (χ4n) is 2.49. The molecular formula is C16H23N3O2. The number of benzene rings is 1. The summed E-state index contributed by atoms with van der Waals surface area (Å²) in [4.78, 5) is 25.8. The minimum atomic E-state index is -0.174. The molecule has 0 aromatic heterocycles. The molecule has 3 N–H and O–H groups in total. The van der Waals surface area contributed by atoms with Crippen molar-refractivity contribution < 1.29 is 9.59 Å². The second-order valence-electron chi connectivity index (χ2n) is 5.82. The molecule has 1 unspecified atom stereocenters. The second-order valence-corrected chi connectivity index (χ2v) is 5.82. The maximum Gasteiger partial charge on any atom is 0.244 e. The van der Waals surface area contributed by atoms with Gasteiger partial charge in [-0.05, 0) is 43.4 Å². The molecular weight excluding hydrogens is 266 g/mol.